The molecule has 1 aliphatic rings. The Kier molecular flexibility index (Phi) is 2.35. The van der Waals surface area contributed by atoms with Gasteiger partial charge < -0.3 is 9.15 Å². The van der Waals surface area contributed by atoms with E-state index in [9.17, 15) is 0 Å². The van der Waals surface area contributed by atoms with Gasteiger partial charge in [0.2, 0.25) is 0 Å². The Morgan fingerprint density at radius 1 is 1.12 bits per heavy atom. The highest BCUT2D eigenvalue weighted by Crippen LogP contribution is 2.32. The van der Waals surface area contributed by atoms with E-state index in [1.165, 1.54) is 36.0 Å². The Morgan fingerprint density at radius 3 is 2.88 bits per heavy atom. The lowest BCUT2D eigenvalue weighted by Crippen LogP contribution is -1.84. The quantitative estimate of drug-likeness (QED) is 0.678. The van der Waals surface area contributed by atoms with Crippen molar-refractivity contribution in [2.24, 2.45) is 0 Å². The molecule has 0 spiro atoms. The van der Waals surface area contributed by atoms with Gasteiger partial charge in [0.15, 0.2) is 0 Å². The third-order valence-electron chi connectivity index (χ3n) is 3.41. The van der Waals surface area contributed by atoms with Crippen LogP contribution in [0.15, 0.2) is 22.6 Å². The molecule has 2 aromatic rings. The fraction of sp³-hybridized carbons (Fsp3) is 0.429. The highest BCUT2D eigenvalue weighted by molar-refractivity contribution is 5.83. The number of rotatable bonds is 1. The monoisotopic (exact) mass is 216 g/mol. The van der Waals surface area contributed by atoms with Crippen LogP contribution < -0.4 is 4.74 Å². The minimum absolute atomic E-state index is 0.872. The van der Waals surface area contributed by atoms with E-state index in [2.05, 4.69) is 6.07 Å². The van der Waals surface area contributed by atoms with Crippen LogP contribution in [0.3, 0.4) is 0 Å². The predicted octanol–water partition coefficient (Wildman–Crippen LogP) is 3.71. The zero-order valence-electron chi connectivity index (χ0n) is 9.58. The summed E-state index contributed by atoms with van der Waals surface area (Å²) in [6.45, 7) is 0. The van der Waals surface area contributed by atoms with E-state index in [1.54, 1.807) is 7.11 Å². The molecule has 0 unspecified atom stereocenters. The summed E-state index contributed by atoms with van der Waals surface area (Å²) in [6.07, 6.45) is 6.11. The minimum Gasteiger partial charge on any atom is -0.497 e. The summed E-state index contributed by atoms with van der Waals surface area (Å²) in [5.41, 5.74) is 2.40. The van der Waals surface area contributed by atoms with Gasteiger partial charge in [0.25, 0.3) is 0 Å². The van der Waals surface area contributed by atoms with Crippen molar-refractivity contribution in [1.29, 1.82) is 0 Å². The smallest absolute Gasteiger partial charge is 0.138 e. The van der Waals surface area contributed by atoms with Crippen LogP contribution in [0.1, 0.15) is 30.6 Å². The molecular weight excluding hydrogens is 200 g/mol. The highest BCUT2D eigenvalue weighted by atomic mass is 16.5. The van der Waals surface area contributed by atoms with Crippen LogP contribution in [0, 0.1) is 0 Å². The van der Waals surface area contributed by atoms with Gasteiger partial charge in [-0.3, -0.25) is 0 Å². The molecule has 2 heteroatoms. The number of hydrogen-bond donors (Lipinski definition) is 0. The van der Waals surface area contributed by atoms with Crippen LogP contribution >= 0.6 is 0 Å². The molecule has 0 atom stereocenters. The van der Waals surface area contributed by atoms with Crippen molar-refractivity contribution in [2.45, 2.75) is 32.1 Å². The molecule has 3 rings (SSSR count). The van der Waals surface area contributed by atoms with Gasteiger partial charge in [0.05, 0.1) is 7.11 Å². The van der Waals surface area contributed by atoms with Crippen molar-refractivity contribution in [3.63, 3.8) is 0 Å². The second kappa shape index (κ2) is 3.85. The van der Waals surface area contributed by atoms with E-state index in [1.807, 2.05) is 12.1 Å². The fourth-order valence-electron chi connectivity index (χ4n) is 2.55. The fourth-order valence-corrected chi connectivity index (χ4v) is 2.55. The van der Waals surface area contributed by atoms with Gasteiger partial charge in [-0.2, -0.15) is 0 Å². The number of ether oxygens (including phenoxy) is 1. The molecule has 1 heterocycles. The van der Waals surface area contributed by atoms with Crippen molar-refractivity contribution in [2.75, 3.05) is 7.11 Å². The van der Waals surface area contributed by atoms with E-state index in [-0.39, 0.29) is 0 Å². The molecule has 0 radical (unpaired) electrons. The molecule has 0 saturated carbocycles. The first-order valence-electron chi connectivity index (χ1n) is 5.97. The average Bonchev–Trinajstić information content (AvgIpc) is 2.50. The van der Waals surface area contributed by atoms with Gasteiger partial charge in [-0.25, -0.2) is 0 Å². The van der Waals surface area contributed by atoms with Crippen molar-refractivity contribution in [1.82, 2.24) is 0 Å². The summed E-state index contributed by atoms with van der Waals surface area (Å²) in [4.78, 5) is 0. The topological polar surface area (TPSA) is 22.4 Å². The summed E-state index contributed by atoms with van der Waals surface area (Å²) >= 11 is 0. The second-order valence-corrected chi connectivity index (χ2v) is 4.43. The van der Waals surface area contributed by atoms with Gasteiger partial charge in [-0.05, 0) is 31.4 Å². The highest BCUT2D eigenvalue weighted by Gasteiger charge is 2.16. The lowest BCUT2D eigenvalue weighted by atomic mass is 10.1. The molecule has 1 aromatic heterocycles. The van der Waals surface area contributed by atoms with Crippen LogP contribution in [0.4, 0.5) is 0 Å². The Balaban J connectivity index is 2.17. The SMILES string of the molecule is COc1ccc2c3c(oc2c1)CCCCC3. The molecule has 0 fully saturated rings. The first-order valence-corrected chi connectivity index (χ1v) is 5.97. The zero-order valence-corrected chi connectivity index (χ0v) is 9.58. The van der Waals surface area contributed by atoms with Gasteiger partial charge >= 0.3 is 0 Å². The lowest BCUT2D eigenvalue weighted by molar-refractivity contribution is 0.414. The Hall–Kier alpha value is -1.44. The summed E-state index contributed by atoms with van der Waals surface area (Å²) in [5, 5.41) is 1.28. The van der Waals surface area contributed by atoms with E-state index in [0.29, 0.717) is 0 Å². The largest absolute Gasteiger partial charge is 0.497 e. The Bertz CT molecular complexity index is 511. The van der Waals surface area contributed by atoms with Crippen molar-refractivity contribution < 1.29 is 9.15 Å². The summed E-state index contributed by atoms with van der Waals surface area (Å²) < 4.78 is 11.2. The standard InChI is InChI=1S/C14H16O2/c1-15-10-7-8-12-11-5-3-2-4-6-13(11)16-14(12)9-10/h7-9H,2-6H2,1H3. The number of methoxy groups -OCH3 is 1. The van der Waals surface area contributed by atoms with Crippen molar-refractivity contribution >= 4 is 11.0 Å². The molecular formula is C14H16O2. The lowest BCUT2D eigenvalue weighted by Gasteiger charge is -1.99. The van der Waals surface area contributed by atoms with E-state index in [0.717, 1.165) is 24.2 Å². The first kappa shape index (κ1) is 9.76. The van der Waals surface area contributed by atoms with Crippen LogP contribution in [-0.4, -0.2) is 7.11 Å². The van der Waals surface area contributed by atoms with Crippen LogP contribution in [0.25, 0.3) is 11.0 Å². The van der Waals surface area contributed by atoms with Crippen LogP contribution in [0.2, 0.25) is 0 Å². The van der Waals surface area contributed by atoms with Gasteiger partial charge in [0, 0.05) is 23.4 Å². The Morgan fingerprint density at radius 2 is 2.00 bits per heavy atom. The molecule has 0 saturated heterocycles. The third kappa shape index (κ3) is 1.49. The van der Waals surface area contributed by atoms with E-state index in [4.69, 9.17) is 9.15 Å². The van der Waals surface area contributed by atoms with Gasteiger partial charge in [-0.15, -0.1) is 0 Å². The summed E-state index contributed by atoms with van der Waals surface area (Å²) in [6, 6.07) is 6.13. The molecule has 0 amide bonds. The number of aryl methyl sites for hydroxylation is 2. The number of benzene rings is 1. The van der Waals surface area contributed by atoms with E-state index >= 15 is 0 Å². The molecule has 1 aliphatic carbocycles. The number of fused-ring (bicyclic) bond motifs is 3. The second-order valence-electron chi connectivity index (χ2n) is 4.43. The maximum Gasteiger partial charge on any atom is 0.138 e. The maximum absolute atomic E-state index is 5.93. The molecule has 16 heavy (non-hydrogen) atoms. The average molecular weight is 216 g/mol. The van der Waals surface area contributed by atoms with E-state index < -0.39 is 0 Å². The molecule has 0 aliphatic heterocycles. The predicted molar refractivity (Wildman–Crippen MR) is 64.0 cm³/mol. The number of hydrogen-bond acceptors (Lipinski definition) is 2. The molecule has 1 aromatic carbocycles. The van der Waals surface area contributed by atoms with Crippen molar-refractivity contribution in [3.05, 3.63) is 29.5 Å². The number of furan rings is 1. The van der Waals surface area contributed by atoms with Crippen LogP contribution in [0.5, 0.6) is 5.75 Å². The summed E-state index contributed by atoms with van der Waals surface area (Å²) in [7, 11) is 1.69. The third-order valence-corrected chi connectivity index (χ3v) is 3.41. The maximum atomic E-state index is 5.93. The van der Waals surface area contributed by atoms with Gasteiger partial charge in [0.1, 0.15) is 17.1 Å². The molecule has 84 valence electrons. The zero-order chi connectivity index (χ0) is 11.0. The van der Waals surface area contributed by atoms with Crippen molar-refractivity contribution in [3.8, 4) is 5.75 Å². The molecule has 2 nitrogen and oxygen atoms in total. The normalized spacial score (nSPS) is 15.8. The first-order chi connectivity index (χ1) is 7.88. The van der Waals surface area contributed by atoms with Gasteiger partial charge in [-0.1, -0.05) is 6.42 Å². The summed E-state index contributed by atoms with van der Waals surface area (Å²) in [5.74, 6) is 2.07. The van der Waals surface area contributed by atoms with Crippen LogP contribution in [-0.2, 0) is 12.8 Å². The minimum atomic E-state index is 0.872. The molecule has 0 N–H and O–H groups in total. The Labute approximate surface area is 95.2 Å². The molecule has 0 bridgehead atoms.